The van der Waals surface area contributed by atoms with Gasteiger partial charge in [-0.15, -0.1) is 0 Å². The molecule has 3 N–H and O–H groups in total. The second-order valence-electron chi connectivity index (χ2n) is 6.64. The van der Waals surface area contributed by atoms with E-state index >= 15 is 0 Å². The number of thiocarbonyl (C=S) groups is 1. The molecule has 166 valence electrons. The number of benzene rings is 3. The van der Waals surface area contributed by atoms with Crippen molar-refractivity contribution in [3.05, 3.63) is 69.1 Å². The summed E-state index contributed by atoms with van der Waals surface area (Å²) in [5.41, 5.74) is 5.69. The average molecular weight is 581 g/mol. The van der Waals surface area contributed by atoms with Gasteiger partial charge < -0.3 is 9.47 Å². The van der Waals surface area contributed by atoms with E-state index in [1.807, 2.05) is 55.5 Å². The van der Waals surface area contributed by atoms with E-state index in [1.165, 1.54) is 0 Å². The lowest BCUT2D eigenvalue weighted by atomic mass is 10.1. The topological polar surface area (TPSA) is 88.7 Å². The number of aryl methyl sites for hydroxylation is 1. The summed E-state index contributed by atoms with van der Waals surface area (Å²) in [7, 11) is 0. The van der Waals surface area contributed by atoms with Crippen LogP contribution < -0.4 is 25.6 Å². The van der Waals surface area contributed by atoms with Crippen LogP contribution >= 0.6 is 44.1 Å². The molecule has 0 unspecified atom stereocenters. The van der Waals surface area contributed by atoms with Gasteiger partial charge in [-0.05, 0) is 64.2 Å². The van der Waals surface area contributed by atoms with Crippen molar-refractivity contribution in [2.24, 2.45) is 0 Å². The number of carbonyl (C=O) groups excluding carboxylic acids is 2. The van der Waals surface area contributed by atoms with Crippen LogP contribution in [0.15, 0.2) is 63.5 Å². The number of carbonyl (C=O) groups is 2. The Kier molecular flexibility index (Phi) is 8.43. The third kappa shape index (κ3) is 6.65. The van der Waals surface area contributed by atoms with Crippen molar-refractivity contribution in [2.75, 3.05) is 13.2 Å². The standard InChI is InChI=1S/C22H19Br2N3O4S/c1-13-9-15(23)10-17(24)21(13)31-12-20(29)26-27-22(32)25-19(28)11-30-18-8-4-6-14-5-2-3-7-16(14)18/h2-10H,11-12H2,1H3,(H,26,29)(H2,25,27,28,32). The number of hydrogen-bond acceptors (Lipinski definition) is 5. The normalized spacial score (nSPS) is 10.3. The van der Waals surface area contributed by atoms with Crippen LogP contribution in [-0.4, -0.2) is 30.1 Å². The van der Waals surface area contributed by atoms with E-state index in [2.05, 4.69) is 48.0 Å². The first-order valence-corrected chi connectivity index (χ1v) is 11.4. The van der Waals surface area contributed by atoms with Crippen molar-refractivity contribution < 1.29 is 19.1 Å². The number of fused-ring (bicyclic) bond motifs is 1. The van der Waals surface area contributed by atoms with Crippen LogP contribution in [0.2, 0.25) is 0 Å². The fraction of sp³-hybridized carbons (Fsp3) is 0.136. The molecule has 0 fully saturated rings. The second kappa shape index (κ2) is 11.3. The molecule has 3 rings (SSSR count). The molecular weight excluding hydrogens is 562 g/mol. The van der Waals surface area contributed by atoms with E-state index in [0.29, 0.717) is 11.5 Å². The maximum atomic E-state index is 12.1. The third-order valence-electron chi connectivity index (χ3n) is 4.22. The molecular formula is C22H19Br2N3O4S. The zero-order valence-corrected chi connectivity index (χ0v) is 20.9. The molecule has 0 spiro atoms. The van der Waals surface area contributed by atoms with Crippen molar-refractivity contribution in [1.29, 1.82) is 0 Å². The van der Waals surface area contributed by atoms with Gasteiger partial charge in [-0.25, -0.2) is 0 Å². The summed E-state index contributed by atoms with van der Waals surface area (Å²) < 4.78 is 12.8. The Morgan fingerprint density at radius 1 is 0.938 bits per heavy atom. The average Bonchev–Trinajstić information content (AvgIpc) is 2.75. The molecule has 3 aromatic rings. The first-order valence-electron chi connectivity index (χ1n) is 9.41. The van der Waals surface area contributed by atoms with Gasteiger partial charge in [-0.1, -0.05) is 52.3 Å². The minimum atomic E-state index is -0.470. The number of halogens is 2. The molecule has 0 aliphatic carbocycles. The van der Waals surface area contributed by atoms with Crippen LogP contribution in [0, 0.1) is 6.92 Å². The summed E-state index contributed by atoms with van der Waals surface area (Å²) in [6.07, 6.45) is 0. The summed E-state index contributed by atoms with van der Waals surface area (Å²) in [6.45, 7) is 1.39. The van der Waals surface area contributed by atoms with Gasteiger partial charge in [0.05, 0.1) is 4.47 Å². The van der Waals surface area contributed by atoms with E-state index in [9.17, 15) is 9.59 Å². The van der Waals surface area contributed by atoms with Gasteiger partial charge in [-0.3, -0.25) is 25.8 Å². The predicted molar refractivity (Wildman–Crippen MR) is 134 cm³/mol. The van der Waals surface area contributed by atoms with Gasteiger partial charge in [0.25, 0.3) is 11.8 Å². The van der Waals surface area contributed by atoms with Gasteiger partial charge >= 0.3 is 0 Å². The summed E-state index contributed by atoms with van der Waals surface area (Å²) in [5.74, 6) is 0.222. The smallest absolute Gasteiger partial charge is 0.276 e. The monoisotopic (exact) mass is 579 g/mol. The van der Waals surface area contributed by atoms with Gasteiger partial charge in [0.1, 0.15) is 11.5 Å². The van der Waals surface area contributed by atoms with Crippen molar-refractivity contribution in [1.82, 2.24) is 16.2 Å². The van der Waals surface area contributed by atoms with E-state index in [-0.39, 0.29) is 18.3 Å². The maximum Gasteiger partial charge on any atom is 0.276 e. The van der Waals surface area contributed by atoms with Crippen LogP contribution in [0.3, 0.4) is 0 Å². The van der Waals surface area contributed by atoms with Crippen LogP contribution in [-0.2, 0) is 9.59 Å². The summed E-state index contributed by atoms with van der Waals surface area (Å²) in [6, 6.07) is 17.0. The Labute approximate surface area is 207 Å². The molecule has 7 nitrogen and oxygen atoms in total. The Morgan fingerprint density at radius 2 is 1.66 bits per heavy atom. The molecule has 32 heavy (non-hydrogen) atoms. The number of nitrogens with one attached hydrogen (secondary N) is 3. The number of hydrazine groups is 1. The molecule has 0 saturated carbocycles. The molecule has 0 aliphatic rings. The van der Waals surface area contributed by atoms with Crippen molar-refractivity contribution in [3.8, 4) is 11.5 Å². The van der Waals surface area contributed by atoms with Crippen LogP contribution in [0.4, 0.5) is 0 Å². The van der Waals surface area contributed by atoms with Gasteiger partial charge in [-0.2, -0.15) is 0 Å². The van der Waals surface area contributed by atoms with Gasteiger partial charge in [0, 0.05) is 9.86 Å². The maximum absolute atomic E-state index is 12.1. The molecule has 0 heterocycles. The predicted octanol–water partition coefficient (Wildman–Crippen LogP) is 4.15. The van der Waals surface area contributed by atoms with Gasteiger partial charge in [0.2, 0.25) is 0 Å². The number of hydrogen-bond donors (Lipinski definition) is 3. The summed E-state index contributed by atoms with van der Waals surface area (Å²) >= 11 is 11.8. The first kappa shape index (κ1) is 24.0. The zero-order valence-electron chi connectivity index (χ0n) is 16.9. The van der Waals surface area contributed by atoms with Gasteiger partial charge in [0.15, 0.2) is 18.3 Å². The second-order valence-corrected chi connectivity index (χ2v) is 8.82. The largest absolute Gasteiger partial charge is 0.483 e. The SMILES string of the molecule is Cc1cc(Br)cc(Br)c1OCC(=O)NNC(=S)NC(=O)COc1cccc2ccccc12. The molecule has 0 atom stereocenters. The van der Waals surface area contributed by atoms with Crippen molar-refractivity contribution in [3.63, 3.8) is 0 Å². The fourth-order valence-electron chi connectivity index (χ4n) is 2.83. The minimum absolute atomic E-state index is 0.0640. The summed E-state index contributed by atoms with van der Waals surface area (Å²) in [5, 5.41) is 4.29. The van der Waals surface area contributed by atoms with E-state index in [1.54, 1.807) is 6.07 Å². The molecule has 3 aromatic carbocycles. The Bertz CT molecular complexity index is 1140. The van der Waals surface area contributed by atoms with Crippen molar-refractivity contribution in [2.45, 2.75) is 6.92 Å². The molecule has 2 amide bonds. The number of rotatable bonds is 6. The lowest BCUT2D eigenvalue weighted by molar-refractivity contribution is -0.124. The van der Waals surface area contributed by atoms with Crippen LogP contribution in [0.1, 0.15) is 5.56 Å². The first-order chi connectivity index (χ1) is 15.3. The van der Waals surface area contributed by atoms with E-state index in [4.69, 9.17) is 21.7 Å². The zero-order chi connectivity index (χ0) is 23.1. The van der Waals surface area contributed by atoms with E-state index < -0.39 is 11.8 Å². The highest BCUT2D eigenvalue weighted by Crippen LogP contribution is 2.32. The highest BCUT2D eigenvalue weighted by Gasteiger charge is 2.11. The molecule has 0 bridgehead atoms. The lowest BCUT2D eigenvalue weighted by Gasteiger charge is -2.14. The highest BCUT2D eigenvalue weighted by molar-refractivity contribution is 9.11. The third-order valence-corrected chi connectivity index (χ3v) is 5.47. The highest BCUT2D eigenvalue weighted by atomic mass is 79.9. The fourth-order valence-corrected chi connectivity index (χ4v) is 4.55. The number of amides is 2. The molecule has 0 saturated heterocycles. The van der Waals surface area contributed by atoms with Crippen molar-refractivity contribution >= 4 is 71.8 Å². The molecule has 0 aromatic heterocycles. The van der Waals surface area contributed by atoms with E-state index in [0.717, 1.165) is 25.3 Å². The quantitative estimate of drug-likeness (QED) is 0.300. The lowest BCUT2D eigenvalue weighted by Crippen LogP contribution is -2.50. The summed E-state index contributed by atoms with van der Waals surface area (Å²) in [4.78, 5) is 24.1. The Balaban J connectivity index is 1.41. The Hall–Kier alpha value is -2.69. The molecule has 0 radical (unpaired) electrons. The van der Waals surface area contributed by atoms with Crippen LogP contribution in [0.25, 0.3) is 10.8 Å². The Morgan fingerprint density at radius 3 is 2.44 bits per heavy atom. The van der Waals surface area contributed by atoms with Crippen LogP contribution in [0.5, 0.6) is 11.5 Å². The number of ether oxygens (including phenoxy) is 2. The molecule has 10 heteroatoms. The molecule has 0 aliphatic heterocycles. The minimum Gasteiger partial charge on any atom is -0.483 e.